The first-order chi connectivity index (χ1) is 19.0. The van der Waals surface area contributed by atoms with E-state index in [1.807, 2.05) is 26.1 Å². The molecule has 0 aliphatic rings. The van der Waals surface area contributed by atoms with Crippen LogP contribution in [0.15, 0.2) is 42.5 Å². The van der Waals surface area contributed by atoms with Crippen LogP contribution in [-0.2, 0) is 18.3 Å². The highest BCUT2D eigenvalue weighted by Crippen LogP contribution is 2.39. The van der Waals surface area contributed by atoms with Gasteiger partial charge >= 0.3 is 12.1 Å². The number of amides is 1. The van der Waals surface area contributed by atoms with Gasteiger partial charge in [-0.1, -0.05) is 23.6 Å². The molecule has 1 atom stereocenters. The fraction of sp³-hybridized carbons (Fsp3) is 0.276. The molecule has 4 rings (SSSR count). The number of anilines is 1. The molecule has 1 unspecified atom stereocenters. The number of rotatable bonds is 5. The molecular formula is C29H25ClF5N5O. The van der Waals surface area contributed by atoms with E-state index in [4.69, 9.17) is 17.3 Å². The van der Waals surface area contributed by atoms with Crippen molar-refractivity contribution in [3.05, 3.63) is 76.1 Å². The number of carbonyl (C=O) groups excluding carboxylic acids is 1. The van der Waals surface area contributed by atoms with Crippen LogP contribution in [0.1, 0.15) is 43.8 Å². The summed E-state index contributed by atoms with van der Waals surface area (Å²) in [5.74, 6) is 1.96. The van der Waals surface area contributed by atoms with Crippen LogP contribution in [0.5, 0.6) is 0 Å². The molecule has 0 aliphatic carbocycles. The number of nitrogens with two attached hydrogens (primary N) is 1. The number of nitrogens with one attached hydrogen (secondary N) is 1. The minimum absolute atomic E-state index is 0.0000610. The number of pyridine rings is 1. The van der Waals surface area contributed by atoms with Crippen LogP contribution in [0.2, 0.25) is 5.02 Å². The van der Waals surface area contributed by atoms with Gasteiger partial charge in [0.25, 0.3) is 0 Å². The molecular weight excluding hydrogens is 565 g/mol. The summed E-state index contributed by atoms with van der Waals surface area (Å²) in [5.41, 5.74) is 7.06. The zero-order chi connectivity index (χ0) is 30.3. The van der Waals surface area contributed by atoms with Crippen molar-refractivity contribution in [3.8, 4) is 23.0 Å². The second kappa shape index (κ2) is 11.0. The summed E-state index contributed by atoms with van der Waals surface area (Å²) in [4.78, 5) is 16.7. The normalized spacial score (nSPS) is 12.6. The van der Waals surface area contributed by atoms with E-state index in [-0.39, 0.29) is 22.8 Å². The van der Waals surface area contributed by atoms with Gasteiger partial charge in [0.1, 0.15) is 17.3 Å². The van der Waals surface area contributed by atoms with Crippen molar-refractivity contribution in [3.63, 3.8) is 0 Å². The highest BCUT2D eigenvalue weighted by Gasteiger charge is 2.40. The van der Waals surface area contributed by atoms with E-state index in [0.29, 0.717) is 33.1 Å². The molecule has 4 aromatic rings. The van der Waals surface area contributed by atoms with Crippen LogP contribution in [0.4, 0.5) is 27.8 Å². The molecule has 2 heterocycles. The van der Waals surface area contributed by atoms with E-state index in [0.717, 1.165) is 12.1 Å². The lowest BCUT2D eigenvalue weighted by molar-refractivity contribution is -0.174. The maximum Gasteiger partial charge on any atom is 0.471 e. The highest BCUT2D eigenvalue weighted by molar-refractivity contribution is 6.37. The van der Waals surface area contributed by atoms with Crippen LogP contribution < -0.4 is 11.1 Å². The summed E-state index contributed by atoms with van der Waals surface area (Å²) in [6.45, 7) is 5.62. The minimum Gasteiger partial charge on any atom is -0.382 e. The van der Waals surface area contributed by atoms with E-state index < -0.39 is 41.6 Å². The number of hydrogen-bond acceptors (Lipinski definition) is 4. The highest BCUT2D eigenvalue weighted by atomic mass is 35.5. The number of aromatic nitrogens is 3. The van der Waals surface area contributed by atoms with Gasteiger partial charge in [-0.15, -0.1) is 0 Å². The largest absolute Gasteiger partial charge is 0.471 e. The second-order valence-corrected chi connectivity index (χ2v) is 10.9. The van der Waals surface area contributed by atoms with E-state index >= 15 is 0 Å². The van der Waals surface area contributed by atoms with Gasteiger partial charge in [-0.3, -0.25) is 9.48 Å². The molecule has 0 saturated carbocycles. The van der Waals surface area contributed by atoms with Crippen LogP contribution in [0.25, 0.3) is 22.0 Å². The number of halogens is 6. The quantitative estimate of drug-likeness (QED) is 0.205. The third-order valence-corrected chi connectivity index (χ3v) is 6.32. The molecule has 2 aromatic heterocycles. The molecule has 3 N–H and O–H groups in total. The van der Waals surface area contributed by atoms with Crippen molar-refractivity contribution in [2.75, 3.05) is 5.73 Å². The Kier molecular flexibility index (Phi) is 8.00. The van der Waals surface area contributed by atoms with Crippen LogP contribution in [0, 0.1) is 28.9 Å². The van der Waals surface area contributed by atoms with E-state index in [2.05, 4.69) is 21.9 Å². The van der Waals surface area contributed by atoms with Crippen molar-refractivity contribution in [1.29, 1.82) is 0 Å². The fourth-order valence-electron chi connectivity index (χ4n) is 4.34. The number of carbonyl (C=O) groups is 1. The van der Waals surface area contributed by atoms with E-state index in [9.17, 15) is 26.7 Å². The Hall–Kier alpha value is -4.17. The third-order valence-electron chi connectivity index (χ3n) is 6.00. The third kappa shape index (κ3) is 6.77. The smallest absolute Gasteiger partial charge is 0.382 e. The van der Waals surface area contributed by atoms with Gasteiger partial charge < -0.3 is 11.1 Å². The molecule has 6 nitrogen and oxygen atoms in total. The summed E-state index contributed by atoms with van der Waals surface area (Å²) in [6.07, 6.45) is -5.66. The molecule has 214 valence electrons. The number of alkyl halides is 3. The lowest BCUT2D eigenvalue weighted by Gasteiger charge is -2.23. The van der Waals surface area contributed by atoms with Crippen LogP contribution in [0.3, 0.4) is 0 Å². The van der Waals surface area contributed by atoms with Crippen molar-refractivity contribution < 1.29 is 26.7 Å². The Balaban J connectivity index is 2.00. The average molecular weight is 590 g/mol. The van der Waals surface area contributed by atoms with Crippen molar-refractivity contribution in [2.45, 2.75) is 39.4 Å². The number of benzene rings is 2. The van der Waals surface area contributed by atoms with Gasteiger partial charge in [-0.2, -0.15) is 18.3 Å². The van der Waals surface area contributed by atoms with Gasteiger partial charge in [0, 0.05) is 29.7 Å². The lowest BCUT2D eigenvalue weighted by Crippen LogP contribution is -2.40. The number of nitrogen functional groups attached to an aromatic ring is 1. The van der Waals surface area contributed by atoms with Gasteiger partial charge in [-0.05, 0) is 69.0 Å². The second-order valence-electron chi connectivity index (χ2n) is 10.5. The SMILES string of the molecule is Cn1nc(N)c2c(Cl)ccc(-c3ccc(C#CC(C)(C)C)nc3C(Cc3cc(F)cc(F)c3)NC(=O)C(F)(F)F)c21. The van der Waals surface area contributed by atoms with Gasteiger partial charge in [-0.25, -0.2) is 13.8 Å². The van der Waals surface area contributed by atoms with Crippen molar-refractivity contribution >= 4 is 34.2 Å². The number of aryl methyl sites for hydroxylation is 1. The summed E-state index contributed by atoms with van der Waals surface area (Å²) < 4.78 is 69.9. The first-order valence-electron chi connectivity index (χ1n) is 12.3. The van der Waals surface area contributed by atoms with Crippen LogP contribution >= 0.6 is 11.6 Å². The number of fused-ring (bicyclic) bond motifs is 1. The Morgan fingerprint density at radius 1 is 1.07 bits per heavy atom. The molecule has 0 spiro atoms. The van der Waals surface area contributed by atoms with E-state index in [1.54, 1.807) is 31.3 Å². The number of hydrogen-bond donors (Lipinski definition) is 2. The molecule has 0 fully saturated rings. The lowest BCUT2D eigenvalue weighted by atomic mass is 9.93. The maximum absolute atomic E-state index is 14.0. The summed E-state index contributed by atoms with van der Waals surface area (Å²) >= 11 is 6.38. The average Bonchev–Trinajstić information content (AvgIpc) is 3.15. The molecule has 41 heavy (non-hydrogen) atoms. The zero-order valence-electron chi connectivity index (χ0n) is 22.4. The Morgan fingerprint density at radius 3 is 2.32 bits per heavy atom. The number of nitrogens with zero attached hydrogens (tertiary/aromatic N) is 3. The zero-order valence-corrected chi connectivity index (χ0v) is 23.2. The molecule has 12 heteroatoms. The van der Waals surface area contributed by atoms with Crippen LogP contribution in [-0.4, -0.2) is 26.8 Å². The summed E-state index contributed by atoms with van der Waals surface area (Å²) in [7, 11) is 1.62. The fourth-order valence-corrected chi connectivity index (χ4v) is 4.58. The van der Waals surface area contributed by atoms with E-state index in [1.165, 1.54) is 4.68 Å². The molecule has 0 aliphatic heterocycles. The molecule has 0 saturated heterocycles. The minimum atomic E-state index is -5.24. The monoisotopic (exact) mass is 589 g/mol. The predicted molar refractivity (Wildman–Crippen MR) is 147 cm³/mol. The van der Waals surface area contributed by atoms with Crippen molar-refractivity contribution in [1.82, 2.24) is 20.1 Å². The molecule has 2 aromatic carbocycles. The maximum atomic E-state index is 14.0. The topological polar surface area (TPSA) is 85.8 Å². The Morgan fingerprint density at radius 2 is 1.71 bits per heavy atom. The summed E-state index contributed by atoms with van der Waals surface area (Å²) in [5, 5.41) is 6.89. The first kappa shape index (κ1) is 29.8. The van der Waals surface area contributed by atoms with Gasteiger partial charge in [0.2, 0.25) is 0 Å². The van der Waals surface area contributed by atoms with Crippen molar-refractivity contribution in [2.24, 2.45) is 12.5 Å². The first-order valence-corrected chi connectivity index (χ1v) is 12.7. The predicted octanol–water partition coefficient (Wildman–Crippen LogP) is 6.51. The Bertz CT molecular complexity index is 1690. The Labute approximate surface area is 237 Å². The standard InChI is InChI=1S/C29H25ClF5N5O/c1-28(2,3)10-9-18-5-6-19(20-7-8-21(30)23-25(20)40(4)39-26(23)36)24(37-18)22(38-27(41)29(33,34)35)13-15-11-16(31)14-17(32)12-15/h5-8,11-12,14,22H,13H2,1-4H3,(H2,36,39)(H,38,41). The molecule has 0 radical (unpaired) electrons. The molecule has 0 bridgehead atoms. The van der Waals surface area contributed by atoms with Gasteiger partial charge in [0.05, 0.1) is 27.7 Å². The summed E-state index contributed by atoms with van der Waals surface area (Å²) in [6, 6.07) is 7.46. The van der Waals surface area contributed by atoms with Gasteiger partial charge in [0.15, 0.2) is 5.82 Å². The molecule has 1 amide bonds.